The first-order valence-electron chi connectivity index (χ1n) is 8.95. The molecule has 1 fully saturated rings. The van der Waals surface area contributed by atoms with E-state index in [0.29, 0.717) is 12.5 Å². The number of aryl methyl sites for hydroxylation is 1. The first-order chi connectivity index (χ1) is 12.2. The highest BCUT2D eigenvalue weighted by Gasteiger charge is 2.23. The summed E-state index contributed by atoms with van der Waals surface area (Å²) in [7, 11) is 0. The molecule has 0 aliphatic carbocycles. The molecule has 1 aromatic carbocycles. The molecule has 0 amide bonds. The average Bonchev–Trinajstić information content (AvgIpc) is 3.21. The zero-order valence-electron chi connectivity index (χ0n) is 14.6. The number of hydrogen-bond acceptors (Lipinski definition) is 5. The summed E-state index contributed by atoms with van der Waals surface area (Å²) < 4.78 is 3.39. The Labute approximate surface area is 151 Å². The molecular formula is C19H24N4OS. The molecule has 1 aliphatic rings. The van der Waals surface area contributed by atoms with Gasteiger partial charge in [0.1, 0.15) is 0 Å². The Morgan fingerprint density at radius 1 is 1.24 bits per heavy atom. The van der Waals surface area contributed by atoms with Gasteiger partial charge in [-0.1, -0.05) is 23.4 Å². The third kappa shape index (κ3) is 3.47. The quantitative estimate of drug-likeness (QED) is 0.763. The fourth-order valence-electron chi connectivity index (χ4n) is 3.70. The van der Waals surface area contributed by atoms with E-state index in [2.05, 4.69) is 46.4 Å². The van der Waals surface area contributed by atoms with Crippen LogP contribution in [0.1, 0.15) is 35.0 Å². The lowest BCUT2D eigenvalue weighted by molar-refractivity contribution is 0.172. The van der Waals surface area contributed by atoms with Gasteiger partial charge >= 0.3 is 0 Å². The Morgan fingerprint density at radius 3 is 2.84 bits per heavy atom. The molecule has 3 heterocycles. The first kappa shape index (κ1) is 16.7. The van der Waals surface area contributed by atoms with Crippen molar-refractivity contribution in [2.45, 2.75) is 38.8 Å². The summed E-state index contributed by atoms with van der Waals surface area (Å²) in [5.74, 6) is 0. The van der Waals surface area contributed by atoms with Crippen LogP contribution in [-0.4, -0.2) is 44.7 Å². The maximum Gasteiger partial charge on any atom is 0.0850 e. The Kier molecular flexibility index (Phi) is 4.83. The molecule has 6 heteroatoms. The molecule has 3 aromatic rings. The van der Waals surface area contributed by atoms with Crippen molar-refractivity contribution in [3.63, 3.8) is 0 Å². The summed E-state index contributed by atoms with van der Waals surface area (Å²) >= 11 is 1.90. The van der Waals surface area contributed by atoms with Gasteiger partial charge in [-0.05, 0) is 36.8 Å². The third-order valence-electron chi connectivity index (χ3n) is 5.14. The van der Waals surface area contributed by atoms with Gasteiger partial charge in [-0.15, -0.1) is 16.4 Å². The topological polar surface area (TPSA) is 54.2 Å². The number of hydrogen-bond donors (Lipinski definition) is 1. The summed E-state index contributed by atoms with van der Waals surface area (Å²) in [6.07, 6.45) is 4.78. The van der Waals surface area contributed by atoms with Crippen LogP contribution >= 0.6 is 11.3 Å². The molecule has 1 aliphatic heterocycles. The normalized spacial score (nSPS) is 16.7. The van der Waals surface area contributed by atoms with Gasteiger partial charge in [0.2, 0.25) is 0 Å². The van der Waals surface area contributed by atoms with Crippen molar-refractivity contribution in [1.29, 1.82) is 0 Å². The van der Waals surface area contributed by atoms with Crippen molar-refractivity contribution in [3.8, 4) is 0 Å². The second-order valence-electron chi connectivity index (χ2n) is 6.80. The van der Waals surface area contributed by atoms with Crippen LogP contribution in [0.15, 0.2) is 30.5 Å². The van der Waals surface area contributed by atoms with Crippen molar-refractivity contribution in [2.24, 2.45) is 0 Å². The fraction of sp³-hybridized carbons (Fsp3) is 0.474. The Morgan fingerprint density at radius 2 is 2.04 bits per heavy atom. The summed E-state index contributed by atoms with van der Waals surface area (Å²) in [4.78, 5) is 4.00. The predicted molar refractivity (Wildman–Crippen MR) is 101 cm³/mol. The number of rotatable bonds is 5. The molecule has 0 unspecified atom stereocenters. The number of fused-ring (bicyclic) bond motifs is 1. The lowest BCUT2D eigenvalue weighted by atomic mass is 10.0. The van der Waals surface area contributed by atoms with Crippen LogP contribution in [0.25, 0.3) is 10.1 Å². The van der Waals surface area contributed by atoms with Crippen molar-refractivity contribution in [1.82, 2.24) is 19.9 Å². The molecular weight excluding hydrogens is 332 g/mol. The SMILES string of the molecule is Cc1sc2ccccc2c1CN1CCC(n2cc(CCO)nn2)CC1. The number of nitrogens with zero attached hydrogens (tertiary/aromatic N) is 4. The molecule has 4 rings (SSSR count). The Hall–Kier alpha value is -1.76. The van der Waals surface area contributed by atoms with Gasteiger partial charge in [-0.2, -0.15) is 0 Å². The Balaban J connectivity index is 1.40. The summed E-state index contributed by atoms with van der Waals surface area (Å²) in [5.41, 5.74) is 2.37. The average molecular weight is 356 g/mol. The molecule has 0 saturated carbocycles. The van der Waals surface area contributed by atoms with E-state index in [0.717, 1.165) is 38.2 Å². The molecule has 1 saturated heterocycles. The van der Waals surface area contributed by atoms with E-state index in [4.69, 9.17) is 5.11 Å². The monoisotopic (exact) mass is 356 g/mol. The Bertz CT molecular complexity index is 848. The summed E-state index contributed by atoms with van der Waals surface area (Å²) in [6, 6.07) is 9.16. The van der Waals surface area contributed by atoms with Crippen LogP contribution in [-0.2, 0) is 13.0 Å². The number of benzene rings is 1. The van der Waals surface area contributed by atoms with E-state index in [1.807, 2.05) is 22.2 Å². The number of likely N-dealkylation sites (tertiary alicyclic amines) is 1. The van der Waals surface area contributed by atoms with Gasteiger partial charge < -0.3 is 5.11 Å². The number of aliphatic hydroxyl groups is 1. The highest BCUT2D eigenvalue weighted by atomic mass is 32.1. The van der Waals surface area contributed by atoms with E-state index in [1.165, 1.54) is 20.5 Å². The van der Waals surface area contributed by atoms with Gasteiger partial charge in [0.25, 0.3) is 0 Å². The number of thiophene rings is 1. The first-order valence-corrected chi connectivity index (χ1v) is 9.77. The third-order valence-corrected chi connectivity index (χ3v) is 6.27. The van der Waals surface area contributed by atoms with Gasteiger partial charge in [0.05, 0.1) is 11.7 Å². The standard InChI is InChI=1S/C19H24N4OS/c1-14-18(17-4-2-3-5-19(17)25-14)13-22-9-6-16(7-10-22)23-12-15(8-11-24)20-21-23/h2-5,12,16,24H,6-11,13H2,1H3. The van der Waals surface area contributed by atoms with Crippen molar-refractivity contribution >= 4 is 21.4 Å². The predicted octanol–water partition coefficient (Wildman–Crippen LogP) is 3.17. The van der Waals surface area contributed by atoms with E-state index in [9.17, 15) is 0 Å². The van der Waals surface area contributed by atoms with E-state index < -0.39 is 0 Å². The van der Waals surface area contributed by atoms with Crippen LogP contribution < -0.4 is 0 Å². The van der Waals surface area contributed by atoms with Gasteiger partial charge in [0.15, 0.2) is 0 Å². The minimum Gasteiger partial charge on any atom is -0.396 e. The second kappa shape index (κ2) is 7.23. The van der Waals surface area contributed by atoms with Crippen molar-refractivity contribution in [3.05, 3.63) is 46.6 Å². The maximum absolute atomic E-state index is 9.01. The molecule has 2 aromatic heterocycles. The minimum absolute atomic E-state index is 0.130. The molecule has 0 radical (unpaired) electrons. The lowest BCUT2D eigenvalue weighted by Gasteiger charge is -2.31. The molecule has 0 bridgehead atoms. The van der Waals surface area contributed by atoms with Gasteiger partial charge in [-0.25, -0.2) is 4.68 Å². The maximum atomic E-state index is 9.01. The van der Waals surface area contributed by atoms with Crippen LogP contribution in [0, 0.1) is 6.92 Å². The number of aliphatic hydroxyl groups excluding tert-OH is 1. The van der Waals surface area contributed by atoms with Crippen LogP contribution in [0.4, 0.5) is 0 Å². The summed E-state index contributed by atoms with van der Waals surface area (Å²) in [6.45, 7) is 5.58. The van der Waals surface area contributed by atoms with Crippen LogP contribution in [0.5, 0.6) is 0 Å². The molecule has 1 N–H and O–H groups in total. The molecule has 25 heavy (non-hydrogen) atoms. The largest absolute Gasteiger partial charge is 0.396 e. The minimum atomic E-state index is 0.130. The van der Waals surface area contributed by atoms with E-state index in [1.54, 1.807) is 0 Å². The molecule has 0 atom stereocenters. The number of aromatic nitrogens is 3. The highest BCUT2D eigenvalue weighted by Crippen LogP contribution is 2.32. The lowest BCUT2D eigenvalue weighted by Crippen LogP contribution is -2.34. The van der Waals surface area contributed by atoms with Crippen LogP contribution in [0.3, 0.4) is 0 Å². The smallest absolute Gasteiger partial charge is 0.0850 e. The molecule has 5 nitrogen and oxygen atoms in total. The summed E-state index contributed by atoms with van der Waals surface area (Å²) in [5, 5.41) is 18.8. The zero-order chi connectivity index (χ0) is 17.2. The molecule has 132 valence electrons. The molecule has 0 spiro atoms. The van der Waals surface area contributed by atoms with Gasteiger partial charge in [0, 0.05) is 48.4 Å². The van der Waals surface area contributed by atoms with E-state index in [-0.39, 0.29) is 6.61 Å². The van der Waals surface area contributed by atoms with Crippen molar-refractivity contribution in [2.75, 3.05) is 19.7 Å². The second-order valence-corrected chi connectivity index (χ2v) is 8.06. The van der Waals surface area contributed by atoms with E-state index >= 15 is 0 Å². The van der Waals surface area contributed by atoms with Crippen LogP contribution in [0.2, 0.25) is 0 Å². The van der Waals surface area contributed by atoms with Gasteiger partial charge in [-0.3, -0.25) is 4.90 Å². The number of piperidine rings is 1. The zero-order valence-corrected chi connectivity index (χ0v) is 15.4. The van der Waals surface area contributed by atoms with Crippen molar-refractivity contribution < 1.29 is 5.11 Å². The fourth-order valence-corrected chi connectivity index (χ4v) is 4.78. The highest BCUT2D eigenvalue weighted by molar-refractivity contribution is 7.19.